The molecule has 0 amide bonds. The minimum absolute atomic E-state index is 0.132. The van der Waals surface area contributed by atoms with Crippen LogP contribution in [-0.2, 0) is 6.42 Å². The van der Waals surface area contributed by atoms with Crippen LogP contribution in [0, 0.1) is 0 Å². The van der Waals surface area contributed by atoms with Crippen molar-refractivity contribution in [1.29, 1.82) is 0 Å². The molecule has 0 spiro atoms. The van der Waals surface area contributed by atoms with Gasteiger partial charge in [0.2, 0.25) is 0 Å². The number of rotatable bonds is 3. The van der Waals surface area contributed by atoms with E-state index in [1.54, 1.807) is 24.3 Å². The van der Waals surface area contributed by atoms with E-state index in [1.165, 1.54) is 7.11 Å². The Kier molecular flexibility index (Phi) is 3.29. The third kappa shape index (κ3) is 2.33. The first-order chi connectivity index (χ1) is 10.1. The predicted molar refractivity (Wildman–Crippen MR) is 81.1 cm³/mol. The SMILES string of the molecule is COc1cccc(N)c1C(=O)c1ccc2c(c1)CC(C)O2. The normalized spacial score (nSPS) is 16.2. The smallest absolute Gasteiger partial charge is 0.198 e. The molecule has 0 saturated heterocycles. The van der Waals surface area contributed by atoms with Crippen LogP contribution in [-0.4, -0.2) is 19.0 Å². The largest absolute Gasteiger partial charge is 0.496 e. The maximum absolute atomic E-state index is 12.7. The van der Waals surface area contributed by atoms with Crippen LogP contribution in [0.3, 0.4) is 0 Å². The molecule has 3 rings (SSSR count). The van der Waals surface area contributed by atoms with Crippen molar-refractivity contribution in [2.75, 3.05) is 12.8 Å². The summed E-state index contributed by atoms with van der Waals surface area (Å²) < 4.78 is 10.9. The number of hydrogen-bond acceptors (Lipinski definition) is 4. The first kappa shape index (κ1) is 13.5. The highest BCUT2D eigenvalue weighted by Gasteiger charge is 2.23. The molecule has 0 radical (unpaired) electrons. The molecule has 1 atom stereocenters. The fraction of sp³-hybridized carbons (Fsp3) is 0.235. The molecule has 0 fully saturated rings. The molecule has 108 valence electrons. The Bertz CT molecular complexity index is 709. The number of ether oxygens (including phenoxy) is 2. The summed E-state index contributed by atoms with van der Waals surface area (Å²) in [5, 5.41) is 0. The lowest BCUT2D eigenvalue weighted by atomic mass is 9.98. The Labute approximate surface area is 123 Å². The van der Waals surface area contributed by atoms with Gasteiger partial charge in [0.1, 0.15) is 17.6 Å². The lowest BCUT2D eigenvalue weighted by molar-refractivity contribution is 0.103. The number of nitrogen functional groups attached to an aromatic ring is 1. The third-order valence-electron chi connectivity index (χ3n) is 3.66. The molecule has 1 heterocycles. The van der Waals surface area contributed by atoms with Gasteiger partial charge in [0.25, 0.3) is 0 Å². The Morgan fingerprint density at radius 3 is 2.90 bits per heavy atom. The van der Waals surface area contributed by atoms with Crippen LogP contribution in [0.2, 0.25) is 0 Å². The number of methoxy groups -OCH3 is 1. The Morgan fingerprint density at radius 2 is 2.14 bits per heavy atom. The Morgan fingerprint density at radius 1 is 1.33 bits per heavy atom. The number of fused-ring (bicyclic) bond motifs is 1. The maximum atomic E-state index is 12.7. The summed E-state index contributed by atoms with van der Waals surface area (Å²) in [6.45, 7) is 2.01. The van der Waals surface area contributed by atoms with Crippen molar-refractivity contribution in [3.8, 4) is 11.5 Å². The van der Waals surface area contributed by atoms with Gasteiger partial charge in [0.05, 0.1) is 12.7 Å². The van der Waals surface area contributed by atoms with Gasteiger partial charge in [-0.2, -0.15) is 0 Å². The molecule has 1 aliphatic heterocycles. The van der Waals surface area contributed by atoms with Gasteiger partial charge in [-0.25, -0.2) is 0 Å². The van der Waals surface area contributed by atoms with Gasteiger partial charge in [0, 0.05) is 17.7 Å². The number of carbonyl (C=O) groups excluding carboxylic acids is 1. The number of hydrogen-bond donors (Lipinski definition) is 1. The number of carbonyl (C=O) groups is 1. The zero-order valence-electron chi connectivity index (χ0n) is 12.1. The molecular formula is C17H17NO3. The molecule has 1 aliphatic rings. The van der Waals surface area contributed by atoms with Crippen LogP contribution in [0.4, 0.5) is 5.69 Å². The number of ketones is 1. The second kappa shape index (κ2) is 5.13. The van der Waals surface area contributed by atoms with Gasteiger partial charge in [-0.15, -0.1) is 0 Å². The van der Waals surface area contributed by atoms with E-state index in [-0.39, 0.29) is 11.9 Å². The van der Waals surface area contributed by atoms with Crippen LogP contribution < -0.4 is 15.2 Å². The summed E-state index contributed by atoms with van der Waals surface area (Å²) in [6.07, 6.45) is 0.972. The van der Waals surface area contributed by atoms with Crippen LogP contribution >= 0.6 is 0 Å². The van der Waals surface area contributed by atoms with Crippen molar-refractivity contribution in [1.82, 2.24) is 0 Å². The zero-order valence-corrected chi connectivity index (χ0v) is 12.1. The van der Waals surface area contributed by atoms with Gasteiger partial charge >= 0.3 is 0 Å². The topological polar surface area (TPSA) is 61.5 Å². The average molecular weight is 283 g/mol. The van der Waals surface area contributed by atoms with E-state index in [0.29, 0.717) is 22.6 Å². The molecule has 1 unspecified atom stereocenters. The van der Waals surface area contributed by atoms with Crippen LogP contribution in [0.1, 0.15) is 28.4 Å². The van der Waals surface area contributed by atoms with Crippen LogP contribution in [0.15, 0.2) is 36.4 Å². The molecule has 2 aromatic rings. The van der Waals surface area contributed by atoms with Crippen molar-refractivity contribution < 1.29 is 14.3 Å². The molecule has 4 nitrogen and oxygen atoms in total. The minimum Gasteiger partial charge on any atom is -0.496 e. The van der Waals surface area contributed by atoms with E-state index in [9.17, 15) is 4.79 Å². The van der Waals surface area contributed by atoms with Crippen LogP contribution in [0.25, 0.3) is 0 Å². The molecule has 0 bridgehead atoms. The number of anilines is 1. The molecule has 0 saturated carbocycles. The van der Waals surface area contributed by atoms with E-state index in [0.717, 1.165) is 17.7 Å². The molecule has 2 aromatic carbocycles. The first-order valence-corrected chi connectivity index (χ1v) is 6.87. The quantitative estimate of drug-likeness (QED) is 0.695. The van der Waals surface area contributed by atoms with E-state index in [4.69, 9.17) is 15.2 Å². The van der Waals surface area contributed by atoms with Crippen molar-refractivity contribution in [3.63, 3.8) is 0 Å². The highest BCUT2D eigenvalue weighted by molar-refractivity contribution is 6.14. The predicted octanol–water partition coefficient (Wildman–Crippen LogP) is 2.83. The van der Waals surface area contributed by atoms with Crippen molar-refractivity contribution >= 4 is 11.5 Å². The highest BCUT2D eigenvalue weighted by Crippen LogP contribution is 2.32. The van der Waals surface area contributed by atoms with Gasteiger partial charge in [-0.3, -0.25) is 4.79 Å². The minimum atomic E-state index is -0.132. The lowest BCUT2D eigenvalue weighted by Crippen LogP contribution is -2.08. The summed E-state index contributed by atoms with van der Waals surface area (Å²) in [5.74, 6) is 1.21. The van der Waals surface area contributed by atoms with E-state index >= 15 is 0 Å². The number of nitrogens with two attached hydrogens (primary N) is 1. The Hall–Kier alpha value is -2.49. The van der Waals surface area contributed by atoms with Gasteiger partial charge in [0.15, 0.2) is 5.78 Å². The fourth-order valence-electron chi connectivity index (χ4n) is 2.67. The number of benzene rings is 2. The second-order valence-electron chi connectivity index (χ2n) is 5.21. The molecule has 0 aromatic heterocycles. The molecule has 21 heavy (non-hydrogen) atoms. The Balaban J connectivity index is 2.02. The summed E-state index contributed by atoms with van der Waals surface area (Å²) in [5.41, 5.74) is 8.43. The highest BCUT2D eigenvalue weighted by atomic mass is 16.5. The van der Waals surface area contributed by atoms with Crippen molar-refractivity contribution in [3.05, 3.63) is 53.1 Å². The monoisotopic (exact) mass is 283 g/mol. The van der Waals surface area contributed by atoms with Crippen molar-refractivity contribution in [2.45, 2.75) is 19.4 Å². The molecule has 4 heteroatoms. The second-order valence-corrected chi connectivity index (χ2v) is 5.21. The van der Waals surface area contributed by atoms with Crippen LogP contribution in [0.5, 0.6) is 11.5 Å². The molecular weight excluding hydrogens is 266 g/mol. The maximum Gasteiger partial charge on any atom is 0.198 e. The summed E-state index contributed by atoms with van der Waals surface area (Å²) in [6, 6.07) is 10.7. The van der Waals surface area contributed by atoms with E-state index in [1.807, 2.05) is 19.1 Å². The summed E-state index contributed by atoms with van der Waals surface area (Å²) >= 11 is 0. The van der Waals surface area contributed by atoms with Crippen molar-refractivity contribution in [2.24, 2.45) is 0 Å². The van der Waals surface area contributed by atoms with Gasteiger partial charge < -0.3 is 15.2 Å². The van der Waals surface area contributed by atoms with Gasteiger partial charge in [-0.05, 0) is 42.8 Å². The zero-order chi connectivity index (χ0) is 15.0. The summed E-state index contributed by atoms with van der Waals surface area (Å²) in [7, 11) is 1.53. The average Bonchev–Trinajstić information content (AvgIpc) is 2.85. The fourth-order valence-corrected chi connectivity index (χ4v) is 2.67. The van der Waals surface area contributed by atoms with E-state index in [2.05, 4.69) is 0 Å². The van der Waals surface area contributed by atoms with E-state index < -0.39 is 0 Å². The first-order valence-electron chi connectivity index (χ1n) is 6.87. The standard InChI is InChI=1S/C17H17NO3/c1-10-8-12-9-11(6-7-14(12)21-10)17(19)16-13(18)4-3-5-15(16)20-2/h3-7,9-10H,8,18H2,1-2H3. The summed E-state index contributed by atoms with van der Waals surface area (Å²) in [4.78, 5) is 12.7. The third-order valence-corrected chi connectivity index (χ3v) is 3.66. The lowest BCUT2D eigenvalue weighted by Gasteiger charge is -2.11. The molecule has 0 aliphatic carbocycles. The molecule has 2 N–H and O–H groups in total. The van der Waals surface area contributed by atoms with Gasteiger partial charge in [-0.1, -0.05) is 6.07 Å².